The fourth-order valence-electron chi connectivity index (χ4n) is 6.17. The summed E-state index contributed by atoms with van der Waals surface area (Å²) in [6.07, 6.45) is 5.30. The molecule has 8 heterocycles. The predicted molar refractivity (Wildman–Crippen MR) is 270 cm³/mol. The number of anilines is 2. The molecule has 0 saturated heterocycles. The Bertz CT molecular complexity index is 3650. The molecule has 28 nitrogen and oxygen atoms in total. The third-order valence-electron chi connectivity index (χ3n) is 9.46. The number of nitrogen functional groups attached to an aromatic ring is 2. The molecular formula is C44H40Cl2N14O14. The second-order valence-corrected chi connectivity index (χ2v) is 14.4. The molecule has 8 aromatic heterocycles. The molecule has 8 rings (SSSR count). The Morgan fingerprint density at radius 1 is 0.622 bits per heavy atom. The van der Waals surface area contributed by atoms with E-state index >= 15 is 0 Å². The van der Waals surface area contributed by atoms with Gasteiger partial charge in [0.15, 0.2) is 0 Å². The van der Waals surface area contributed by atoms with Gasteiger partial charge in [-0.3, -0.25) is 29.3 Å². The molecule has 8 aromatic rings. The molecule has 0 aliphatic rings. The van der Waals surface area contributed by atoms with Crippen molar-refractivity contribution in [2.75, 3.05) is 37.9 Å². The van der Waals surface area contributed by atoms with Gasteiger partial charge in [0.25, 0.3) is 22.2 Å². The number of H-pyrrole nitrogens is 4. The number of hydrogen-bond acceptors (Lipinski definition) is 21. The van der Waals surface area contributed by atoms with E-state index in [-0.39, 0.29) is 89.1 Å². The van der Waals surface area contributed by atoms with E-state index < -0.39 is 56.7 Å². The molecule has 0 aliphatic heterocycles. The first-order valence-corrected chi connectivity index (χ1v) is 21.4. The van der Waals surface area contributed by atoms with Crippen molar-refractivity contribution in [1.29, 1.82) is 0 Å². The third kappa shape index (κ3) is 13.3. The smallest absolute Gasteiger partial charge is 0.343 e. The highest BCUT2D eigenvalue weighted by Gasteiger charge is 2.21. The number of carbonyl (C=O) groups excluding carboxylic acids is 4. The monoisotopic (exact) mass is 1060 g/mol. The number of pyridine rings is 8. The Morgan fingerprint density at radius 2 is 0.986 bits per heavy atom. The van der Waals surface area contributed by atoms with Gasteiger partial charge in [-0.05, 0) is 75.7 Å². The van der Waals surface area contributed by atoms with E-state index in [4.69, 9.17) is 47.5 Å². The molecule has 0 fully saturated rings. The summed E-state index contributed by atoms with van der Waals surface area (Å²) in [5.41, 5.74) is 18.0. The van der Waals surface area contributed by atoms with Crippen LogP contribution < -0.4 is 33.7 Å². The predicted octanol–water partition coefficient (Wildman–Crippen LogP) is 5.49. The summed E-state index contributed by atoms with van der Waals surface area (Å²) in [6, 6.07) is 9.89. The van der Waals surface area contributed by atoms with E-state index in [0.29, 0.717) is 38.2 Å². The van der Waals surface area contributed by atoms with E-state index in [9.17, 15) is 48.5 Å². The molecule has 0 aromatic carbocycles. The summed E-state index contributed by atoms with van der Waals surface area (Å²) in [5.74, 6) is -2.91. The van der Waals surface area contributed by atoms with Crippen molar-refractivity contribution < 1.29 is 43.0 Å². The first-order valence-electron chi connectivity index (χ1n) is 21.1. The third-order valence-corrected chi connectivity index (χ3v) is 9.79. The fourth-order valence-corrected chi connectivity index (χ4v) is 6.37. The summed E-state index contributed by atoms with van der Waals surface area (Å²) in [5, 5.41) is 16.2. The van der Waals surface area contributed by atoms with Gasteiger partial charge in [-0.1, -0.05) is 16.7 Å². The van der Waals surface area contributed by atoms with Crippen molar-refractivity contribution >= 4 is 115 Å². The zero-order valence-electron chi connectivity index (χ0n) is 38.9. The van der Waals surface area contributed by atoms with Gasteiger partial charge in [0.1, 0.15) is 56.7 Å². The van der Waals surface area contributed by atoms with Gasteiger partial charge in [-0.25, -0.2) is 39.1 Å². The number of hydrogen-bond donors (Lipinski definition) is 6. The lowest BCUT2D eigenvalue weighted by Gasteiger charge is -2.05. The molecule has 0 saturated carbocycles. The van der Waals surface area contributed by atoms with Crippen LogP contribution in [0.3, 0.4) is 0 Å². The van der Waals surface area contributed by atoms with Crippen LogP contribution in [0.1, 0.15) is 69.1 Å². The molecular weight excluding hydrogens is 1020 g/mol. The number of nitrogens with two attached hydrogens (primary N) is 2. The number of nitro groups is 1. The molecule has 0 spiro atoms. The lowest BCUT2D eigenvalue weighted by molar-refractivity contribution is -0.384. The number of halogens is 2. The summed E-state index contributed by atoms with van der Waals surface area (Å²) < 4.78 is 19.0. The fraction of sp³-hybridized carbons (Fsp3) is 0.182. The Balaban J connectivity index is 0.000000213. The molecule has 0 amide bonds. The van der Waals surface area contributed by atoms with Gasteiger partial charge >= 0.3 is 29.6 Å². The highest BCUT2D eigenvalue weighted by molar-refractivity contribution is 6.35. The van der Waals surface area contributed by atoms with Crippen molar-refractivity contribution in [3.63, 3.8) is 0 Å². The van der Waals surface area contributed by atoms with Crippen LogP contribution in [-0.2, 0) is 18.9 Å². The van der Waals surface area contributed by atoms with Crippen LogP contribution >= 0.6 is 24.0 Å². The van der Waals surface area contributed by atoms with Gasteiger partial charge in [-0.2, -0.15) is 0 Å². The minimum Gasteiger partial charge on any atom is -0.462 e. The lowest BCUT2D eigenvalue weighted by Crippen LogP contribution is -2.20. The van der Waals surface area contributed by atoms with Gasteiger partial charge in [0, 0.05) is 56.4 Å². The number of nitrogens with zero attached hydrogens (tertiary/aromatic N) is 8. The minimum atomic E-state index is -0.832. The molecule has 30 heteroatoms. The van der Waals surface area contributed by atoms with Crippen molar-refractivity contribution in [2.45, 2.75) is 27.7 Å². The maximum Gasteiger partial charge on any atom is 0.343 e. The maximum absolute atomic E-state index is 11.7. The number of aromatic amines is 4. The Labute approximate surface area is 423 Å². The quantitative estimate of drug-likeness (QED) is 0.0187. The van der Waals surface area contributed by atoms with E-state index in [1.54, 1.807) is 39.8 Å². The zero-order valence-corrected chi connectivity index (χ0v) is 40.5. The first kappa shape index (κ1) is 56.8. The zero-order chi connectivity index (χ0) is 53.5. The van der Waals surface area contributed by atoms with Crippen molar-refractivity contribution in [2.24, 2.45) is 5.11 Å². The second kappa shape index (κ2) is 25.9. The van der Waals surface area contributed by atoms with Gasteiger partial charge < -0.3 is 50.4 Å². The molecule has 8 N–H and O–H groups in total. The van der Waals surface area contributed by atoms with Crippen LogP contribution in [0.5, 0.6) is 0 Å². The van der Waals surface area contributed by atoms with Crippen LogP contribution in [0.2, 0.25) is 5.02 Å². The number of esters is 4. The molecule has 384 valence electrons. The highest BCUT2D eigenvalue weighted by atomic mass is 35.5. The standard InChI is InChI=1S/C11H9ClN2O3.C11H9N5O3.C11H10N4O5.C11H11N3O3.ClH/c1-2-17-11(16)7-5-6-8(12)3-4-13-9(6)14-10(7)15;1-2-19-11(18)7-5-6-8(15-16-12)3-4-13-9(6)14-10(7)17;1-2-20-11(17)6-3-5-8(12)7(15(18)19)4-13-9(5)14-10(6)16;1-2-17-11(16)7-5-6-8(12)3-4-13-9(6)14-10(7)15;/h3-5H,2H2,1H3,(H,13,14,15);3-5H,2H2,1H3,(H,13,14,17);3-4H,2H2,1H3,(H3,12,13,14,16);3-5H,2H2,1H3,(H3,12,13,14,15);1H. The van der Waals surface area contributed by atoms with Crippen LogP contribution in [-0.4, -0.2) is 95.1 Å². The summed E-state index contributed by atoms with van der Waals surface area (Å²) in [7, 11) is 0. The van der Waals surface area contributed by atoms with E-state index in [1.165, 1.54) is 42.9 Å². The van der Waals surface area contributed by atoms with Crippen LogP contribution in [0, 0.1) is 10.1 Å². The lowest BCUT2D eigenvalue weighted by atomic mass is 10.1. The largest absolute Gasteiger partial charge is 0.462 e. The minimum absolute atomic E-state index is 0. The normalized spacial score (nSPS) is 10.2. The van der Waals surface area contributed by atoms with E-state index in [1.807, 2.05) is 0 Å². The van der Waals surface area contributed by atoms with E-state index in [0.717, 1.165) is 12.3 Å². The second-order valence-electron chi connectivity index (χ2n) is 14.0. The molecule has 0 bridgehead atoms. The van der Waals surface area contributed by atoms with Gasteiger partial charge in [-0.15, -0.1) is 12.4 Å². The SMILES string of the molecule is CCOC(=O)c1cc2c(Cl)ccnc2[nH]c1=O.CCOC(=O)c1cc2c(N)c([N+](=O)[O-])cnc2[nH]c1=O.CCOC(=O)c1cc2c(N)ccnc2[nH]c1=O.CCOC(=O)c1cc2c(N=[N+]=[N-])ccnc2[nH]c1=O.Cl. The summed E-state index contributed by atoms with van der Waals surface area (Å²) >= 11 is 5.95. The molecule has 0 unspecified atom stereocenters. The van der Waals surface area contributed by atoms with Gasteiger partial charge in [0.05, 0.1) is 36.4 Å². The van der Waals surface area contributed by atoms with Crippen LogP contribution in [0.15, 0.2) is 91.5 Å². The van der Waals surface area contributed by atoms with Crippen LogP contribution in [0.4, 0.5) is 22.7 Å². The highest BCUT2D eigenvalue weighted by Crippen LogP contribution is 2.28. The number of ether oxygens (including phenoxy) is 4. The summed E-state index contributed by atoms with van der Waals surface area (Å²) in [4.78, 5) is 131. The Hall–Kier alpha value is -9.79. The van der Waals surface area contributed by atoms with Crippen molar-refractivity contribution in [3.8, 4) is 0 Å². The number of fused-ring (bicyclic) bond motifs is 4. The number of aromatic nitrogens is 8. The summed E-state index contributed by atoms with van der Waals surface area (Å²) in [6.45, 7) is 7.24. The Morgan fingerprint density at radius 3 is 1.42 bits per heavy atom. The maximum atomic E-state index is 11.7. The molecule has 74 heavy (non-hydrogen) atoms. The van der Waals surface area contributed by atoms with Gasteiger partial charge in [0.2, 0.25) is 0 Å². The van der Waals surface area contributed by atoms with Crippen molar-refractivity contribution in [3.05, 3.63) is 157 Å². The topological polar surface area (TPSA) is 432 Å². The molecule has 0 aliphatic carbocycles. The number of carbonyl (C=O) groups is 4. The molecule has 0 radical (unpaired) electrons. The van der Waals surface area contributed by atoms with Crippen LogP contribution in [0.25, 0.3) is 54.6 Å². The average molecular weight is 1060 g/mol. The number of rotatable bonds is 10. The first-order chi connectivity index (χ1) is 34.9. The number of nitrogens with one attached hydrogen (secondary N) is 4. The number of azide groups is 1. The van der Waals surface area contributed by atoms with E-state index in [2.05, 4.69) is 49.9 Å². The van der Waals surface area contributed by atoms with Crippen molar-refractivity contribution in [1.82, 2.24) is 39.9 Å². The Kier molecular flexibility index (Phi) is 19.9. The average Bonchev–Trinajstić information content (AvgIpc) is 3.34. The molecule has 0 atom stereocenters.